The van der Waals surface area contributed by atoms with Crippen LogP contribution in [0.5, 0.6) is 0 Å². The molecule has 0 aromatic heterocycles. The first-order valence-corrected chi connectivity index (χ1v) is 18.2. The molecule has 8 aliphatic rings. The highest BCUT2D eigenvalue weighted by Crippen LogP contribution is 2.69. The van der Waals surface area contributed by atoms with Gasteiger partial charge in [-0.3, -0.25) is 0 Å². The van der Waals surface area contributed by atoms with Crippen LogP contribution in [0.3, 0.4) is 0 Å². The molecule has 0 aromatic rings. The van der Waals surface area contributed by atoms with E-state index in [1.165, 1.54) is 12.8 Å². The highest BCUT2D eigenvalue weighted by atomic mass is 14.7. The SMILES string of the molecule is CC12CCCC1C1CCC3CC(C4CC[C@@]5(C)C(CC[C@H]6[C@@H]7CCC[C@@]7(C)CC[C@@H]65)C4)CCC3(C)C1CC2. The Hall–Kier alpha value is 0. The van der Waals surface area contributed by atoms with Gasteiger partial charge in [0.1, 0.15) is 0 Å². The van der Waals surface area contributed by atoms with Gasteiger partial charge in [0.15, 0.2) is 0 Å². The van der Waals surface area contributed by atoms with Crippen LogP contribution in [0.1, 0.15) is 156 Å². The van der Waals surface area contributed by atoms with Crippen LogP contribution in [-0.2, 0) is 0 Å². The van der Waals surface area contributed by atoms with Crippen molar-refractivity contribution in [2.24, 2.45) is 80.8 Å². The topological polar surface area (TPSA) is 0 Å². The fraction of sp³-hybridized carbons (Fsp3) is 1.00. The van der Waals surface area contributed by atoms with Gasteiger partial charge < -0.3 is 0 Å². The van der Waals surface area contributed by atoms with Crippen molar-refractivity contribution >= 4 is 0 Å². The van der Waals surface area contributed by atoms with Crippen molar-refractivity contribution in [3.63, 3.8) is 0 Å². The fourth-order valence-corrected chi connectivity index (χ4v) is 15.4. The van der Waals surface area contributed by atoms with Gasteiger partial charge in [0, 0.05) is 0 Å². The lowest BCUT2D eigenvalue weighted by Gasteiger charge is -2.63. The van der Waals surface area contributed by atoms with Crippen LogP contribution in [0, 0.1) is 80.8 Å². The summed E-state index contributed by atoms with van der Waals surface area (Å²) in [7, 11) is 0. The Labute approximate surface area is 236 Å². The van der Waals surface area contributed by atoms with Crippen LogP contribution in [0.2, 0.25) is 0 Å². The van der Waals surface area contributed by atoms with Crippen LogP contribution >= 0.6 is 0 Å². The Morgan fingerprint density at radius 2 is 0.842 bits per heavy atom. The Morgan fingerprint density at radius 1 is 0.395 bits per heavy atom. The molecule has 0 saturated heterocycles. The molecule has 0 bridgehead atoms. The van der Waals surface area contributed by atoms with Crippen molar-refractivity contribution < 1.29 is 0 Å². The molecule has 14 atom stereocenters. The van der Waals surface area contributed by atoms with Crippen molar-refractivity contribution in [2.45, 2.75) is 156 Å². The van der Waals surface area contributed by atoms with E-state index in [2.05, 4.69) is 27.7 Å². The van der Waals surface area contributed by atoms with Gasteiger partial charge in [0.05, 0.1) is 0 Å². The molecule has 8 fully saturated rings. The molecule has 38 heavy (non-hydrogen) atoms. The van der Waals surface area contributed by atoms with Gasteiger partial charge in [-0.1, -0.05) is 40.5 Å². The summed E-state index contributed by atoms with van der Waals surface area (Å²) in [4.78, 5) is 0. The average molecular weight is 519 g/mol. The number of hydrogen-bond acceptors (Lipinski definition) is 0. The largest absolute Gasteiger partial charge is 0.0594 e. The van der Waals surface area contributed by atoms with Gasteiger partial charge in [-0.25, -0.2) is 0 Å². The lowest BCUT2D eigenvalue weighted by atomic mass is 9.42. The minimum absolute atomic E-state index is 0.695. The Kier molecular flexibility index (Phi) is 5.92. The van der Waals surface area contributed by atoms with E-state index in [-0.39, 0.29) is 0 Å². The highest BCUT2D eigenvalue weighted by molar-refractivity contribution is 5.10. The monoisotopic (exact) mass is 518 g/mol. The van der Waals surface area contributed by atoms with Crippen molar-refractivity contribution in [1.82, 2.24) is 0 Å². The number of hydrogen-bond donors (Lipinski definition) is 0. The van der Waals surface area contributed by atoms with Crippen LogP contribution in [-0.4, -0.2) is 0 Å². The molecule has 0 aromatic carbocycles. The fourth-order valence-electron chi connectivity index (χ4n) is 15.4. The smallest absolute Gasteiger partial charge is 0.0266 e. The van der Waals surface area contributed by atoms with E-state index in [0.717, 1.165) is 70.0 Å². The normalized spacial score (nSPS) is 61.6. The molecule has 0 heterocycles. The summed E-state index contributed by atoms with van der Waals surface area (Å²) in [5, 5.41) is 0. The molecule has 0 amide bonds. The Bertz CT molecular complexity index is 845. The molecule has 0 heteroatoms. The van der Waals surface area contributed by atoms with E-state index < -0.39 is 0 Å². The van der Waals surface area contributed by atoms with Crippen molar-refractivity contribution in [3.05, 3.63) is 0 Å². The lowest BCUT2D eigenvalue weighted by molar-refractivity contribution is -0.133. The summed E-state index contributed by atoms with van der Waals surface area (Å²) in [5.41, 5.74) is 2.84. The quantitative estimate of drug-likeness (QED) is 0.324. The maximum Gasteiger partial charge on any atom is -0.0266 e. The van der Waals surface area contributed by atoms with Crippen LogP contribution in [0.15, 0.2) is 0 Å². The second-order valence-corrected chi connectivity index (χ2v) is 18.6. The predicted octanol–water partition coefficient (Wildman–Crippen LogP) is 11.1. The lowest BCUT2D eigenvalue weighted by Crippen LogP contribution is -2.54. The van der Waals surface area contributed by atoms with E-state index >= 15 is 0 Å². The van der Waals surface area contributed by atoms with Crippen molar-refractivity contribution in [1.29, 1.82) is 0 Å². The summed E-state index contributed by atoms with van der Waals surface area (Å²) in [6, 6.07) is 0. The van der Waals surface area contributed by atoms with Gasteiger partial charge in [0.2, 0.25) is 0 Å². The van der Waals surface area contributed by atoms with Crippen LogP contribution < -0.4 is 0 Å². The second kappa shape index (κ2) is 8.76. The average Bonchev–Trinajstić information content (AvgIpc) is 3.50. The molecular weight excluding hydrogens is 456 g/mol. The molecular formula is C38H62. The first kappa shape index (κ1) is 25.7. The molecule has 9 unspecified atom stereocenters. The van der Waals surface area contributed by atoms with E-state index in [1.54, 1.807) is 116 Å². The Balaban J connectivity index is 0.947. The zero-order valence-electron chi connectivity index (χ0n) is 25.9. The minimum Gasteiger partial charge on any atom is -0.0594 e. The molecule has 0 N–H and O–H groups in total. The van der Waals surface area contributed by atoms with E-state index in [1.807, 2.05) is 0 Å². The zero-order valence-corrected chi connectivity index (χ0v) is 25.9. The van der Waals surface area contributed by atoms with Crippen LogP contribution in [0.25, 0.3) is 0 Å². The Morgan fingerprint density at radius 3 is 1.29 bits per heavy atom. The van der Waals surface area contributed by atoms with Gasteiger partial charge in [-0.15, -0.1) is 0 Å². The van der Waals surface area contributed by atoms with Crippen molar-refractivity contribution in [2.75, 3.05) is 0 Å². The molecule has 0 spiro atoms. The number of fused-ring (bicyclic) bond motifs is 10. The van der Waals surface area contributed by atoms with Crippen molar-refractivity contribution in [3.8, 4) is 0 Å². The molecule has 8 saturated carbocycles. The van der Waals surface area contributed by atoms with E-state index in [0.29, 0.717) is 10.8 Å². The maximum atomic E-state index is 2.82. The predicted molar refractivity (Wildman–Crippen MR) is 160 cm³/mol. The van der Waals surface area contributed by atoms with E-state index in [4.69, 9.17) is 0 Å². The van der Waals surface area contributed by atoms with Gasteiger partial charge in [-0.05, 0) is 196 Å². The summed E-state index contributed by atoms with van der Waals surface area (Å²) in [5.74, 6) is 10.8. The first-order valence-electron chi connectivity index (χ1n) is 18.2. The standard InChI is InChI=1S/C38H62/c1-35-17-5-7-31(35)29-11-9-27-23-25(13-21-37(27,3)33(29)15-19-35)26-14-22-38(4)28(24-26)10-12-30-32-8-6-18-36(32,2)20-16-34(30)38/h25-34H,5-24H2,1-4H3/t25?,26?,27?,28?,29-,30?,31-,32?,33-,34?,35-,36?,37-,38?/m0/s1. The maximum absolute atomic E-state index is 2.82. The van der Waals surface area contributed by atoms with E-state index in [9.17, 15) is 0 Å². The third-order valence-corrected chi connectivity index (χ3v) is 17.6. The third kappa shape index (κ3) is 3.52. The number of rotatable bonds is 1. The second-order valence-electron chi connectivity index (χ2n) is 18.6. The molecule has 8 rings (SSSR count). The van der Waals surface area contributed by atoms with Gasteiger partial charge >= 0.3 is 0 Å². The first-order chi connectivity index (χ1) is 18.2. The highest BCUT2D eigenvalue weighted by Gasteiger charge is 2.60. The molecule has 0 nitrogen and oxygen atoms in total. The molecule has 214 valence electrons. The summed E-state index contributed by atoms with van der Waals surface area (Å²) < 4.78 is 0. The summed E-state index contributed by atoms with van der Waals surface area (Å²) >= 11 is 0. The zero-order chi connectivity index (χ0) is 25.9. The third-order valence-electron chi connectivity index (χ3n) is 17.6. The molecule has 0 aliphatic heterocycles. The minimum atomic E-state index is 0.695. The van der Waals surface area contributed by atoms with Gasteiger partial charge in [-0.2, -0.15) is 0 Å². The van der Waals surface area contributed by atoms with Crippen LogP contribution in [0.4, 0.5) is 0 Å². The summed E-state index contributed by atoms with van der Waals surface area (Å²) in [6.07, 6.45) is 31.7. The molecule has 8 aliphatic carbocycles. The summed E-state index contributed by atoms with van der Waals surface area (Å²) in [6.45, 7) is 11.0. The molecule has 0 radical (unpaired) electrons. The van der Waals surface area contributed by atoms with Gasteiger partial charge in [0.25, 0.3) is 0 Å².